The fourth-order valence-electron chi connectivity index (χ4n) is 2.18. The highest BCUT2D eigenvalue weighted by Gasteiger charge is 2.38. The van der Waals surface area contributed by atoms with Crippen LogP contribution in [0.1, 0.15) is 32.3 Å². The normalized spacial score (nSPS) is 20.6. The van der Waals surface area contributed by atoms with E-state index in [-0.39, 0.29) is 0 Å². The zero-order chi connectivity index (χ0) is 18.3. The van der Waals surface area contributed by atoms with E-state index in [4.69, 9.17) is 14.6 Å². The standard InChI is InChI=1S/C15H23NO.C2HF3O2/c1-11-10-15(11)16-12(2)4-5-13-6-8-14(17-3)9-7-13;3-2(4,5)1(6)7/h6-9,11-12,15-16H,4-5,10H2,1-3H3;(H,6,7). The third-order valence-corrected chi connectivity index (χ3v) is 3.88. The zero-order valence-electron chi connectivity index (χ0n) is 14.1. The van der Waals surface area contributed by atoms with Gasteiger partial charge in [-0.1, -0.05) is 19.1 Å². The van der Waals surface area contributed by atoms with E-state index in [0.29, 0.717) is 6.04 Å². The number of nitrogens with one attached hydrogen (secondary N) is 1. The summed E-state index contributed by atoms with van der Waals surface area (Å²) in [7, 11) is 1.71. The topological polar surface area (TPSA) is 58.6 Å². The van der Waals surface area contributed by atoms with Gasteiger partial charge in [0.1, 0.15) is 5.75 Å². The predicted octanol–water partition coefficient (Wildman–Crippen LogP) is 3.65. The molecule has 0 aliphatic heterocycles. The smallest absolute Gasteiger partial charge is 0.490 e. The molecule has 1 aromatic rings. The predicted molar refractivity (Wildman–Crippen MR) is 85.2 cm³/mol. The molecule has 3 unspecified atom stereocenters. The Bertz CT molecular complexity index is 517. The van der Waals surface area contributed by atoms with Gasteiger partial charge < -0.3 is 15.2 Å². The fraction of sp³-hybridized carbons (Fsp3) is 0.588. The number of alkyl halides is 3. The van der Waals surface area contributed by atoms with Gasteiger partial charge in [0.15, 0.2) is 0 Å². The summed E-state index contributed by atoms with van der Waals surface area (Å²) in [4.78, 5) is 8.90. The number of hydrogen-bond donors (Lipinski definition) is 2. The van der Waals surface area contributed by atoms with E-state index in [9.17, 15) is 13.2 Å². The van der Waals surface area contributed by atoms with Crippen molar-refractivity contribution in [3.63, 3.8) is 0 Å². The Kier molecular flexibility index (Phi) is 7.54. The molecule has 4 nitrogen and oxygen atoms in total. The summed E-state index contributed by atoms with van der Waals surface area (Å²) in [5.41, 5.74) is 1.39. The molecule has 0 heterocycles. The molecule has 1 fully saturated rings. The van der Waals surface area contributed by atoms with Crippen molar-refractivity contribution in [2.75, 3.05) is 7.11 Å². The first-order chi connectivity index (χ1) is 11.1. The maximum atomic E-state index is 10.6. The summed E-state index contributed by atoms with van der Waals surface area (Å²) in [6, 6.07) is 9.79. The Morgan fingerprint density at radius 2 is 1.88 bits per heavy atom. The first kappa shape index (κ1) is 20.3. The number of hydrogen-bond acceptors (Lipinski definition) is 3. The van der Waals surface area contributed by atoms with Crippen molar-refractivity contribution in [2.45, 2.75) is 51.4 Å². The molecule has 2 rings (SSSR count). The van der Waals surface area contributed by atoms with Crippen LogP contribution in [-0.2, 0) is 11.2 Å². The summed E-state index contributed by atoms with van der Waals surface area (Å²) in [5.74, 6) is -0.933. The number of carbonyl (C=O) groups is 1. The third-order valence-electron chi connectivity index (χ3n) is 3.88. The summed E-state index contributed by atoms with van der Waals surface area (Å²) in [5, 5.41) is 10.8. The summed E-state index contributed by atoms with van der Waals surface area (Å²) < 4.78 is 36.9. The molecule has 0 bridgehead atoms. The van der Waals surface area contributed by atoms with Crippen LogP contribution < -0.4 is 10.1 Å². The second-order valence-corrected chi connectivity index (χ2v) is 6.08. The van der Waals surface area contributed by atoms with Crippen LogP contribution in [0.25, 0.3) is 0 Å². The molecule has 0 aromatic heterocycles. The van der Waals surface area contributed by atoms with Crippen molar-refractivity contribution in [2.24, 2.45) is 5.92 Å². The van der Waals surface area contributed by atoms with Crippen molar-refractivity contribution in [1.82, 2.24) is 5.32 Å². The number of benzene rings is 1. The van der Waals surface area contributed by atoms with Crippen LogP contribution in [0, 0.1) is 5.92 Å². The van der Waals surface area contributed by atoms with Crippen LogP contribution in [0.2, 0.25) is 0 Å². The zero-order valence-corrected chi connectivity index (χ0v) is 14.1. The van der Waals surface area contributed by atoms with Crippen molar-refractivity contribution >= 4 is 5.97 Å². The third kappa shape index (κ3) is 7.68. The lowest BCUT2D eigenvalue weighted by molar-refractivity contribution is -0.192. The van der Waals surface area contributed by atoms with Gasteiger partial charge >= 0.3 is 12.1 Å². The van der Waals surface area contributed by atoms with E-state index in [1.807, 2.05) is 12.1 Å². The fourth-order valence-corrected chi connectivity index (χ4v) is 2.18. The van der Waals surface area contributed by atoms with Crippen molar-refractivity contribution in [3.8, 4) is 5.75 Å². The lowest BCUT2D eigenvalue weighted by Crippen LogP contribution is -2.29. The molecule has 7 heteroatoms. The number of aliphatic carboxylic acids is 1. The van der Waals surface area contributed by atoms with E-state index in [0.717, 1.165) is 24.1 Å². The minimum absolute atomic E-state index is 0.618. The second kappa shape index (κ2) is 8.92. The van der Waals surface area contributed by atoms with Gasteiger partial charge in [0, 0.05) is 12.1 Å². The molecule has 0 radical (unpaired) electrons. The summed E-state index contributed by atoms with van der Waals surface area (Å²) >= 11 is 0. The molecule has 3 atom stereocenters. The molecule has 1 saturated carbocycles. The first-order valence-corrected chi connectivity index (χ1v) is 7.82. The van der Waals surface area contributed by atoms with Gasteiger partial charge in [-0.2, -0.15) is 13.2 Å². The summed E-state index contributed by atoms with van der Waals surface area (Å²) in [6.45, 7) is 4.60. The van der Waals surface area contributed by atoms with Crippen molar-refractivity contribution in [3.05, 3.63) is 29.8 Å². The maximum Gasteiger partial charge on any atom is 0.490 e. The number of carboxylic acid groups (broad SMARTS) is 1. The Labute approximate surface area is 140 Å². The van der Waals surface area contributed by atoms with Gasteiger partial charge in [-0.05, 0) is 49.8 Å². The number of rotatable bonds is 6. The van der Waals surface area contributed by atoms with Gasteiger partial charge in [0.05, 0.1) is 7.11 Å². The number of aryl methyl sites for hydroxylation is 1. The molecule has 0 spiro atoms. The molecule has 1 aromatic carbocycles. The Morgan fingerprint density at radius 3 is 2.25 bits per heavy atom. The average Bonchev–Trinajstić information content (AvgIpc) is 3.20. The van der Waals surface area contributed by atoms with Gasteiger partial charge in [0.2, 0.25) is 0 Å². The van der Waals surface area contributed by atoms with E-state index in [1.165, 1.54) is 18.4 Å². The highest BCUT2D eigenvalue weighted by atomic mass is 19.4. The highest BCUT2D eigenvalue weighted by Crippen LogP contribution is 2.29. The number of ether oxygens (including phenoxy) is 1. The lowest BCUT2D eigenvalue weighted by Gasteiger charge is -2.13. The summed E-state index contributed by atoms with van der Waals surface area (Å²) in [6.07, 6.45) is -1.39. The van der Waals surface area contributed by atoms with Crippen LogP contribution in [0.4, 0.5) is 13.2 Å². The Balaban J connectivity index is 0.000000351. The number of carboxylic acids is 1. The van der Waals surface area contributed by atoms with E-state index in [1.54, 1.807) is 7.11 Å². The maximum absolute atomic E-state index is 10.6. The first-order valence-electron chi connectivity index (χ1n) is 7.82. The SMILES string of the molecule is COc1ccc(CCC(C)NC2CC2C)cc1.O=C(O)C(F)(F)F. The molecule has 1 aliphatic rings. The van der Waals surface area contributed by atoms with Gasteiger partial charge in [-0.15, -0.1) is 0 Å². The highest BCUT2D eigenvalue weighted by molar-refractivity contribution is 5.73. The quantitative estimate of drug-likeness (QED) is 0.825. The van der Waals surface area contributed by atoms with Gasteiger partial charge in [0.25, 0.3) is 0 Å². The van der Waals surface area contributed by atoms with Crippen molar-refractivity contribution < 1.29 is 27.8 Å². The molecular formula is C17H24F3NO3. The lowest BCUT2D eigenvalue weighted by atomic mass is 10.1. The van der Waals surface area contributed by atoms with Crippen LogP contribution >= 0.6 is 0 Å². The van der Waals surface area contributed by atoms with Gasteiger partial charge in [-0.25, -0.2) is 4.79 Å². The molecular weight excluding hydrogens is 323 g/mol. The molecule has 2 N–H and O–H groups in total. The molecule has 24 heavy (non-hydrogen) atoms. The van der Waals surface area contributed by atoms with E-state index < -0.39 is 12.1 Å². The van der Waals surface area contributed by atoms with Crippen LogP contribution in [0.15, 0.2) is 24.3 Å². The van der Waals surface area contributed by atoms with Crippen LogP contribution in [0.5, 0.6) is 5.75 Å². The van der Waals surface area contributed by atoms with Crippen molar-refractivity contribution in [1.29, 1.82) is 0 Å². The van der Waals surface area contributed by atoms with Gasteiger partial charge in [-0.3, -0.25) is 0 Å². The minimum atomic E-state index is -5.08. The average molecular weight is 347 g/mol. The minimum Gasteiger partial charge on any atom is -0.497 e. The van der Waals surface area contributed by atoms with Crippen LogP contribution in [-0.4, -0.2) is 36.4 Å². The Morgan fingerprint density at radius 1 is 1.38 bits per heavy atom. The molecule has 0 saturated heterocycles. The molecule has 136 valence electrons. The number of halogens is 3. The number of methoxy groups -OCH3 is 1. The Hall–Kier alpha value is -1.76. The van der Waals surface area contributed by atoms with Crippen LogP contribution in [0.3, 0.4) is 0 Å². The largest absolute Gasteiger partial charge is 0.497 e. The van der Waals surface area contributed by atoms with E-state index in [2.05, 4.69) is 31.3 Å². The van der Waals surface area contributed by atoms with E-state index >= 15 is 0 Å². The molecule has 0 amide bonds. The second-order valence-electron chi connectivity index (χ2n) is 6.08. The monoisotopic (exact) mass is 347 g/mol. The molecule has 1 aliphatic carbocycles.